The number of hydrogen-bond acceptors (Lipinski definition) is 6. The van der Waals surface area contributed by atoms with Gasteiger partial charge in [0.2, 0.25) is 0 Å². The third-order valence-electron chi connectivity index (χ3n) is 6.06. The summed E-state index contributed by atoms with van der Waals surface area (Å²) in [5.74, 6) is -0.803. The van der Waals surface area contributed by atoms with E-state index in [1.165, 1.54) is 6.07 Å². The average Bonchev–Trinajstić information content (AvgIpc) is 2.82. The molecule has 0 aliphatic heterocycles. The SMILES string of the molecule is Cc1cnc(-c2nc(C(C)(C)O)ncc2C)cc1-n1c(C)cc(OCc2ccc(F)cc2F)c(C)c1=O. The van der Waals surface area contributed by atoms with Crippen molar-refractivity contribution in [2.45, 2.75) is 53.8 Å². The second kappa shape index (κ2) is 9.82. The first kappa shape index (κ1) is 26.1. The second-order valence-electron chi connectivity index (χ2n) is 9.58. The van der Waals surface area contributed by atoms with Gasteiger partial charge in [0.25, 0.3) is 5.56 Å². The Morgan fingerprint density at radius 3 is 2.38 bits per heavy atom. The molecule has 3 heterocycles. The van der Waals surface area contributed by atoms with Crippen molar-refractivity contribution in [3.8, 4) is 22.8 Å². The molecule has 0 aliphatic rings. The number of ether oxygens (including phenoxy) is 1. The summed E-state index contributed by atoms with van der Waals surface area (Å²) in [7, 11) is 0. The maximum atomic E-state index is 14.0. The van der Waals surface area contributed by atoms with Crippen molar-refractivity contribution >= 4 is 0 Å². The van der Waals surface area contributed by atoms with Crippen molar-refractivity contribution in [2.24, 2.45) is 0 Å². The molecule has 0 fully saturated rings. The highest BCUT2D eigenvalue weighted by Crippen LogP contribution is 2.27. The lowest BCUT2D eigenvalue weighted by atomic mass is 10.1. The highest BCUT2D eigenvalue weighted by atomic mass is 19.1. The number of aliphatic hydroxyl groups is 1. The van der Waals surface area contributed by atoms with Crippen LogP contribution in [0, 0.1) is 39.3 Å². The summed E-state index contributed by atoms with van der Waals surface area (Å²) in [6.07, 6.45) is 3.30. The first-order valence-electron chi connectivity index (χ1n) is 11.7. The lowest BCUT2D eigenvalue weighted by molar-refractivity contribution is 0.0688. The number of benzene rings is 1. The van der Waals surface area contributed by atoms with Gasteiger partial charge in [0.15, 0.2) is 5.82 Å². The zero-order valence-corrected chi connectivity index (χ0v) is 21.6. The minimum absolute atomic E-state index is 0.148. The van der Waals surface area contributed by atoms with E-state index in [0.717, 1.165) is 23.3 Å². The van der Waals surface area contributed by atoms with Gasteiger partial charge < -0.3 is 9.84 Å². The van der Waals surface area contributed by atoms with Crippen molar-refractivity contribution in [2.75, 3.05) is 0 Å². The number of halogens is 2. The molecule has 0 spiro atoms. The maximum Gasteiger partial charge on any atom is 0.261 e. The molecule has 37 heavy (non-hydrogen) atoms. The molecule has 0 saturated heterocycles. The van der Waals surface area contributed by atoms with Crippen LogP contribution in [0.1, 0.15) is 47.6 Å². The first-order chi connectivity index (χ1) is 17.4. The molecule has 0 radical (unpaired) electrons. The van der Waals surface area contributed by atoms with Crippen LogP contribution in [0.2, 0.25) is 0 Å². The molecule has 192 valence electrons. The van der Waals surface area contributed by atoms with Crippen LogP contribution in [0.4, 0.5) is 8.78 Å². The topological polar surface area (TPSA) is 90.1 Å². The Labute approximate surface area is 213 Å². The van der Waals surface area contributed by atoms with Crippen LogP contribution >= 0.6 is 0 Å². The van der Waals surface area contributed by atoms with Crippen LogP contribution < -0.4 is 10.3 Å². The monoisotopic (exact) mass is 506 g/mol. The Morgan fingerprint density at radius 1 is 1.00 bits per heavy atom. The van der Waals surface area contributed by atoms with Crippen LogP contribution in [0.3, 0.4) is 0 Å². The van der Waals surface area contributed by atoms with E-state index in [0.29, 0.717) is 34.1 Å². The number of nitrogens with zero attached hydrogens (tertiary/aromatic N) is 4. The predicted molar refractivity (Wildman–Crippen MR) is 136 cm³/mol. The molecule has 4 aromatic rings. The first-order valence-corrected chi connectivity index (χ1v) is 11.7. The van der Waals surface area contributed by atoms with E-state index in [4.69, 9.17) is 4.74 Å². The normalized spacial score (nSPS) is 11.6. The van der Waals surface area contributed by atoms with Crippen LogP contribution in [0.25, 0.3) is 17.1 Å². The molecule has 1 aromatic carbocycles. The lowest BCUT2D eigenvalue weighted by Gasteiger charge is -2.19. The number of rotatable bonds is 6. The number of hydrogen-bond donors (Lipinski definition) is 1. The molecule has 9 heteroatoms. The molecule has 3 aromatic heterocycles. The van der Waals surface area contributed by atoms with Gasteiger partial charge >= 0.3 is 0 Å². The average molecular weight is 507 g/mol. The summed E-state index contributed by atoms with van der Waals surface area (Å²) in [5.41, 5.74) is 2.84. The molecule has 7 nitrogen and oxygen atoms in total. The summed E-state index contributed by atoms with van der Waals surface area (Å²) in [6, 6.07) is 6.75. The molecule has 4 rings (SSSR count). The molecule has 0 saturated carbocycles. The third kappa shape index (κ3) is 5.27. The zero-order chi connectivity index (χ0) is 27.1. The second-order valence-corrected chi connectivity index (χ2v) is 9.58. The van der Waals surface area contributed by atoms with E-state index < -0.39 is 17.2 Å². The Balaban J connectivity index is 1.75. The summed E-state index contributed by atoms with van der Waals surface area (Å²) in [5, 5.41) is 10.4. The highest BCUT2D eigenvalue weighted by molar-refractivity contribution is 5.62. The Kier molecular flexibility index (Phi) is 6.92. The fourth-order valence-corrected chi connectivity index (χ4v) is 3.92. The molecule has 0 bridgehead atoms. The fourth-order valence-electron chi connectivity index (χ4n) is 3.92. The summed E-state index contributed by atoms with van der Waals surface area (Å²) < 4.78 is 34.5. The van der Waals surface area contributed by atoms with E-state index in [9.17, 15) is 18.7 Å². The van der Waals surface area contributed by atoms with Gasteiger partial charge in [-0.25, -0.2) is 18.7 Å². The number of aryl methyl sites for hydroxylation is 3. The molecule has 1 N–H and O–H groups in total. The Bertz CT molecular complexity index is 1560. The van der Waals surface area contributed by atoms with Gasteiger partial charge in [-0.3, -0.25) is 14.3 Å². The molecule has 0 aliphatic carbocycles. The smallest absolute Gasteiger partial charge is 0.261 e. The summed E-state index contributed by atoms with van der Waals surface area (Å²) >= 11 is 0. The van der Waals surface area contributed by atoms with Crippen LogP contribution in [-0.2, 0) is 12.2 Å². The standard InChI is InChI=1S/C28H28F2N4O3/c1-15-12-31-22(25-16(2)13-32-27(33-25)28(5,6)36)11-23(15)34-17(3)9-24(18(4)26(34)35)37-14-19-7-8-20(29)10-21(19)30/h7-13,36H,14H2,1-6H3. The molecule has 0 amide bonds. The third-order valence-corrected chi connectivity index (χ3v) is 6.06. The van der Waals surface area contributed by atoms with Gasteiger partial charge in [-0.2, -0.15) is 0 Å². The van der Waals surface area contributed by atoms with Gasteiger partial charge in [-0.05, 0) is 70.9 Å². The van der Waals surface area contributed by atoms with Crippen molar-refractivity contribution in [1.82, 2.24) is 19.5 Å². The van der Waals surface area contributed by atoms with Gasteiger partial charge in [0.05, 0.1) is 22.6 Å². The summed E-state index contributed by atoms with van der Waals surface area (Å²) in [4.78, 5) is 26.8. The van der Waals surface area contributed by atoms with E-state index in [1.54, 1.807) is 56.8 Å². The number of pyridine rings is 2. The molecule has 0 unspecified atom stereocenters. The van der Waals surface area contributed by atoms with E-state index in [1.807, 2.05) is 13.8 Å². The Morgan fingerprint density at radius 2 is 1.70 bits per heavy atom. The largest absolute Gasteiger partial charge is 0.488 e. The fraction of sp³-hybridized carbons (Fsp3) is 0.286. The van der Waals surface area contributed by atoms with E-state index in [2.05, 4.69) is 15.0 Å². The Hall–Kier alpha value is -3.98. The lowest BCUT2D eigenvalue weighted by Crippen LogP contribution is -2.24. The van der Waals surface area contributed by atoms with Crippen LogP contribution in [0.5, 0.6) is 5.75 Å². The summed E-state index contributed by atoms with van der Waals surface area (Å²) in [6.45, 7) is 10.2. The van der Waals surface area contributed by atoms with Crippen molar-refractivity contribution in [3.05, 3.63) is 98.5 Å². The van der Waals surface area contributed by atoms with Crippen molar-refractivity contribution in [1.29, 1.82) is 0 Å². The van der Waals surface area contributed by atoms with Gasteiger partial charge in [0.1, 0.15) is 29.6 Å². The van der Waals surface area contributed by atoms with Crippen LogP contribution in [-0.4, -0.2) is 24.6 Å². The quantitative estimate of drug-likeness (QED) is 0.396. The minimum atomic E-state index is -1.23. The maximum absolute atomic E-state index is 14.0. The van der Waals surface area contributed by atoms with E-state index >= 15 is 0 Å². The highest BCUT2D eigenvalue weighted by Gasteiger charge is 2.22. The molecule has 0 atom stereocenters. The molecular formula is C28H28F2N4O3. The van der Waals surface area contributed by atoms with Gasteiger partial charge in [0, 0.05) is 35.8 Å². The van der Waals surface area contributed by atoms with E-state index in [-0.39, 0.29) is 23.6 Å². The minimum Gasteiger partial charge on any atom is -0.488 e. The molecular weight excluding hydrogens is 478 g/mol. The van der Waals surface area contributed by atoms with Gasteiger partial charge in [-0.15, -0.1) is 0 Å². The van der Waals surface area contributed by atoms with Crippen molar-refractivity contribution < 1.29 is 18.6 Å². The predicted octanol–water partition coefficient (Wildman–Crippen LogP) is 5.01. The number of aromatic nitrogens is 4. The zero-order valence-electron chi connectivity index (χ0n) is 21.6. The van der Waals surface area contributed by atoms with Gasteiger partial charge in [-0.1, -0.05) is 0 Å². The van der Waals surface area contributed by atoms with Crippen molar-refractivity contribution in [3.63, 3.8) is 0 Å². The van der Waals surface area contributed by atoms with Crippen LogP contribution in [0.15, 0.2) is 47.5 Å².